The van der Waals surface area contributed by atoms with E-state index in [2.05, 4.69) is 4.72 Å². The van der Waals surface area contributed by atoms with Gasteiger partial charge >= 0.3 is 0 Å². The molecule has 2 heterocycles. The number of benzene rings is 1. The van der Waals surface area contributed by atoms with Crippen molar-refractivity contribution in [2.45, 2.75) is 18.0 Å². The van der Waals surface area contributed by atoms with Crippen LogP contribution in [-0.4, -0.2) is 50.6 Å². The summed E-state index contributed by atoms with van der Waals surface area (Å²) >= 11 is 0. The molecule has 1 aliphatic heterocycles. The maximum absolute atomic E-state index is 12.5. The van der Waals surface area contributed by atoms with Gasteiger partial charge in [0.1, 0.15) is 10.6 Å². The van der Waals surface area contributed by atoms with Crippen LogP contribution in [0.2, 0.25) is 0 Å². The zero-order valence-electron chi connectivity index (χ0n) is 14.0. The summed E-state index contributed by atoms with van der Waals surface area (Å²) in [5.41, 5.74) is 1.26. The van der Waals surface area contributed by atoms with Crippen molar-refractivity contribution in [3.63, 3.8) is 0 Å². The lowest BCUT2D eigenvalue weighted by Gasteiger charge is -2.27. The summed E-state index contributed by atoms with van der Waals surface area (Å²) < 4.78 is 34.3. The average Bonchev–Trinajstić information content (AvgIpc) is 3.07. The van der Waals surface area contributed by atoms with E-state index in [0.29, 0.717) is 31.9 Å². The summed E-state index contributed by atoms with van der Waals surface area (Å²) in [6.45, 7) is 2.27. The molecule has 0 aliphatic carbocycles. The number of fused-ring (bicyclic) bond motifs is 1. The molecule has 3 rings (SSSR count). The van der Waals surface area contributed by atoms with E-state index >= 15 is 0 Å². The molecule has 0 saturated heterocycles. The quantitative estimate of drug-likeness (QED) is 0.798. The third kappa shape index (κ3) is 3.92. The van der Waals surface area contributed by atoms with Crippen molar-refractivity contribution in [1.82, 2.24) is 14.2 Å². The van der Waals surface area contributed by atoms with Crippen LogP contribution in [0.4, 0.5) is 0 Å². The maximum atomic E-state index is 12.5. The van der Waals surface area contributed by atoms with Crippen LogP contribution in [0.1, 0.15) is 16.1 Å². The van der Waals surface area contributed by atoms with Crippen LogP contribution < -0.4 is 4.72 Å². The molecule has 1 aromatic heterocycles. The molecule has 134 valence electrons. The van der Waals surface area contributed by atoms with Crippen LogP contribution in [0.15, 0.2) is 47.5 Å². The summed E-state index contributed by atoms with van der Waals surface area (Å²) in [5.74, 6) is -0.173. The summed E-state index contributed by atoms with van der Waals surface area (Å²) in [6, 6.07) is 10.7. The molecule has 25 heavy (non-hydrogen) atoms. The van der Waals surface area contributed by atoms with Crippen molar-refractivity contribution < 1.29 is 17.9 Å². The number of ether oxygens (including phenoxy) is 1. The number of hydrogen-bond donors (Lipinski definition) is 1. The number of hydrogen-bond acceptors (Lipinski definition) is 4. The molecule has 7 nitrogen and oxygen atoms in total. The number of nitrogens with one attached hydrogen (secondary N) is 1. The van der Waals surface area contributed by atoms with Gasteiger partial charge in [-0.1, -0.05) is 30.3 Å². The molecule has 0 spiro atoms. The third-order valence-electron chi connectivity index (χ3n) is 4.17. The molecule has 1 aliphatic rings. The van der Waals surface area contributed by atoms with Crippen molar-refractivity contribution >= 4 is 15.9 Å². The molecule has 0 saturated carbocycles. The largest absolute Gasteiger partial charge is 0.383 e. The van der Waals surface area contributed by atoms with E-state index in [-0.39, 0.29) is 17.3 Å². The Balaban J connectivity index is 1.75. The Hall–Kier alpha value is -2.16. The number of carbonyl (C=O) groups excluding carboxylic acids is 1. The number of nitrogens with zero attached hydrogens (tertiary/aromatic N) is 2. The topological polar surface area (TPSA) is 80.6 Å². The van der Waals surface area contributed by atoms with E-state index in [0.717, 1.165) is 5.56 Å². The van der Waals surface area contributed by atoms with E-state index in [1.165, 1.54) is 12.3 Å². The van der Waals surface area contributed by atoms with Gasteiger partial charge in [-0.25, -0.2) is 13.1 Å². The highest BCUT2D eigenvalue weighted by Gasteiger charge is 2.28. The number of methoxy groups -OCH3 is 1. The molecule has 1 amide bonds. The summed E-state index contributed by atoms with van der Waals surface area (Å²) in [4.78, 5) is 14.3. The highest BCUT2D eigenvalue weighted by molar-refractivity contribution is 7.89. The zero-order chi connectivity index (χ0) is 17.9. The van der Waals surface area contributed by atoms with Crippen molar-refractivity contribution in [3.05, 3.63) is 53.9 Å². The van der Waals surface area contributed by atoms with Crippen molar-refractivity contribution in [1.29, 1.82) is 0 Å². The fraction of sp³-hybridized carbons (Fsp3) is 0.353. The van der Waals surface area contributed by atoms with Gasteiger partial charge in [0.05, 0.1) is 6.61 Å². The lowest BCUT2D eigenvalue weighted by atomic mass is 10.2. The molecule has 0 fully saturated rings. The first-order chi connectivity index (χ1) is 12.0. The van der Waals surface area contributed by atoms with E-state index in [9.17, 15) is 13.2 Å². The molecule has 0 unspecified atom stereocenters. The molecule has 1 N–H and O–H groups in total. The standard InChI is InChI=1S/C17H21N3O4S/c1-24-10-9-19-7-8-20-13-15(11-16(20)17(19)21)25(22,23)18-12-14-5-3-2-4-6-14/h2-6,11,13,18H,7-10,12H2,1H3. The normalized spacial score (nSPS) is 14.6. The van der Waals surface area contributed by atoms with Crippen LogP contribution in [0.3, 0.4) is 0 Å². The molecular weight excluding hydrogens is 342 g/mol. The Morgan fingerprint density at radius 3 is 2.68 bits per heavy atom. The number of amides is 1. The Morgan fingerprint density at radius 2 is 1.96 bits per heavy atom. The van der Waals surface area contributed by atoms with Gasteiger partial charge in [0.25, 0.3) is 5.91 Å². The third-order valence-corrected chi connectivity index (χ3v) is 5.54. The Labute approximate surface area is 147 Å². The molecular formula is C17H21N3O4S. The Kier molecular flexibility index (Phi) is 5.22. The fourth-order valence-corrected chi connectivity index (χ4v) is 3.82. The average molecular weight is 363 g/mol. The summed E-state index contributed by atoms with van der Waals surface area (Å²) in [5, 5.41) is 0. The number of rotatable bonds is 7. The molecule has 0 atom stereocenters. The van der Waals surface area contributed by atoms with Gasteiger partial charge in [-0.3, -0.25) is 4.79 Å². The van der Waals surface area contributed by atoms with E-state index in [1.807, 2.05) is 30.3 Å². The van der Waals surface area contributed by atoms with Crippen LogP contribution >= 0.6 is 0 Å². The minimum atomic E-state index is -3.68. The lowest BCUT2D eigenvalue weighted by molar-refractivity contribution is 0.0641. The first kappa shape index (κ1) is 17.7. The molecule has 1 aromatic carbocycles. The first-order valence-electron chi connectivity index (χ1n) is 8.03. The van der Waals surface area contributed by atoms with Crippen LogP contribution in [0.25, 0.3) is 0 Å². The molecule has 0 bridgehead atoms. The van der Waals surface area contributed by atoms with Gasteiger partial charge in [0.2, 0.25) is 10.0 Å². The van der Waals surface area contributed by atoms with Gasteiger partial charge < -0.3 is 14.2 Å². The van der Waals surface area contributed by atoms with Gasteiger partial charge in [-0.15, -0.1) is 0 Å². The second-order valence-corrected chi connectivity index (χ2v) is 7.62. The van der Waals surface area contributed by atoms with Crippen LogP contribution in [-0.2, 0) is 27.8 Å². The minimum Gasteiger partial charge on any atom is -0.383 e. The van der Waals surface area contributed by atoms with Gasteiger partial charge in [0.15, 0.2) is 0 Å². The van der Waals surface area contributed by atoms with E-state index < -0.39 is 10.0 Å². The SMILES string of the molecule is COCCN1CCn2cc(S(=O)(=O)NCc3ccccc3)cc2C1=O. The fourth-order valence-electron chi connectivity index (χ4n) is 2.76. The molecule has 2 aromatic rings. The minimum absolute atomic E-state index is 0.111. The second-order valence-electron chi connectivity index (χ2n) is 5.85. The molecule has 8 heteroatoms. The van der Waals surface area contributed by atoms with Crippen molar-refractivity contribution in [2.75, 3.05) is 26.8 Å². The maximum Gasteiger partial charge on any atom is 0.270 e. The Bertz CT molecular complexity index is 846. The van der Waals surface area contributed by atoms with Gasteiger partial charge in [-0.2, -0.15) is 0 Å². The summed E-state index contributed by atoms with van der Waals surface area (Å²) in [6.07, 6.45) is 1.52. The number of carbonyl (C=O) groups is 1. The second kappa shape index (κ2) is 7.38. The summed E-state index contributed by atoms with van der Waals surface area (Å²) in [7, 11) is -2.09. The van der Waals surface area contributed by atoms with Crippen LogP contribution in [0, 0.1) is 0 Å². The highest BCUT2D eigenvalue weighted by Crippen LogP contribution is 2.20. The predicted octanol–water partition coefficient (Wildman–Crippen LogP) is 1.07. The molecule has 0 radical (unpaired) electrons. The highest BCUT2D eigenvalue weighted by atomic mass is 32.2. The monoisotopic (exact) mass is 363 g/mol. The smallest absolute Gasteiger partial charge is 0.270 e. The number of aromatic nitrogens is 1. The van der Waals surface area contributed by atoms with Crippen molar-refractivity contribution in [3.8, 4) is 0 Å². The lowest BCUT2D eigenvalue weighted by Crippen LogP contribution is -2.41. The predicted molar refractivity (Wildman–Crippen MR) is 92.7 cm³/mol. The van der Waals surface area contributed by atoms with E-state index in [4.69, 9.17) is 4.74 Å². The van der Waals surface area contributed by atoms with Gasteiger partial charge in [0, 0.05) is 39.5 Å². The van der Waals surface area contributed by atoms with Crippen molar-refractivity contribution in [2.24, 2.45) is 0 Å². The van der Waals surface area contributed by atoms with E-state index in [1.54, 1.807) is 16.6 Å². The first-order valence-corrected chi connectivity index (χ1v) is 9.51. The van der Waals surface area contributed by atoms with Gasteiger partial charge in [-0.05, 0) is 11.6 Å². The zero-order valence-corrected chi connectivity index (χ0v) is 14.8. The Morgan fingerprint density at radius 1 is 1.20 bits per heavy atom. The van der Waals surface area contributed by atoms with Crippen LogP contribution in [0.5, 0.6) is 0 Å². The number of sulfonamides is 1.